The number of allylic oxidation sites excluding steroid dienone is 1. The van der Waals surface area contributed by atoms with Gasteiger partial charge >= 0.3 is 0 Å². The van der Waals surface area contributed by atoms with Crippen LogP contribution in [-0.2, 0) is 4.79 Å². The van der Waals surface area contributed by atoms with Crippen LogP contribution >= 0.6 is 0 Å². The predicted molar refractivity (Wildman–Crippen MR) is 70.6 cm³/mol. The van der Waals surface area contributed by atoms with E-state index in [2.05, 4.69) is 25.3 Å². The zero-order valence-electron chi connectivity index (χ0n) is 11.0. The summed E-state index contributed by atoms with van der Waals surface area (Å²) in [6.45, 7) is 9.32. The highest BCUT2D eigenvalue weighted by molar-refractivity contribution is 5.91. The van der Waals surface area contributed by atoms with Crippen molar-refractivity contribution in [3.05, 3.63) is 23.8 Å². The van der Waals surface area contributed by atoms with Crippen molar-refractivity contribution in [2.75, 3.05) is 6.54 Å². The van der Waals surface area contributed by atoms with Crippen LogP contribution in [0.4, 0.5) is 0 Å². The Morgan fingerprint density at radius 3 is 2.65 bits per heavy atom. The van der Waals surface area contributed by atoms with Crippen molar-refractivity contribution >= 4 is 5.91 Å². The van der Waals surface area contributed by atoms with Crippen LogP contribution in [0.15, 0.2) is 23.8 Å². The predicted octanol–water partition coefficient (Wildman–Crippen LogP) is 3.30. The maximum absolute atomic E-state index is 12.0. The molecular weight excluding hydrogens is 210 g/mol. The lowest BCUT2D eigenvalue weighted by Crippen LogP contribution is -2.38. The molecule has 2 heteroatoms. The Morgan fingerprint density at radius 2 is 2.06 bits per heavy atom. The lowest BCUT2D eigenvalue weighted by molar-refractivity contribution is -0.127. The molecule has 0 aromatic rings. The van der Waals surface area contributed by atoms with Crippen LogP contribution in [0.2, 0.25) is 0 Å². The minimum atomic E-state index is 0.234. The first-order valence-corrected chi connectivity index (χ1v) is 6.73. The highest BCUT2D eigenvalue weighted by atomic mass is 16.2. The van der Waals surface area contributed by atoms with Crippen molar-refractivity contribution in [2.24, 2.45) is 5.92 Å². The summed E-state index contributed by atoms with van der Waals surface area (Å²) in [5.74, 6) is 0.873. The van der Waals surface area contributed by atoms with E-state index < -0.39 is 0 Å². The molecule has 0 aromatic heterocycles. The fourth-order valence-corrected chi connectivity index (χ4v) is 2.88. The monoisotopic (exact) mass is 233 g/mol. The quantitative estimate of drug-likeness (QED) is 0.685. The Hall–Kier alpha value is -1.05. The lowest BCUT2D eigenvalue weighted by Gasteiger charge is -2.32. The molecule has 0 unspecified atom stereocenters. The van der Waals surface area contributed by atoms with Crippen LogP contribution in [0.3, 0.4) is 0 Å². The molecule has 2 rings (SSSR count). The summed E-state index contributed by atoms with van der Waals surface area (Å²) >= 11 is 0. The molecule has 94 valence electrons. The topological polar surface area (TPSA) is 20.3 Å². The van der Waals surface area contributed by atoms with Gasteiger partial charge in [-0.05, 0) is 43.6 Å². The van der Waals surface area contributed by atoms with Crippen molar-refractivity contribution in [1.29, 1.82) is 0 Å². The second-order valence-electron chi connectivity index (χ2n) is 5.85. The van der Waals surface area contributed by atoms with Crippen LogP contribution in [0.25, 0.3) is 0 Å². The maximum atomic E-state index is 12.0. The summed E-state index contributed by atoms with van der Waals surface area (Å²) in [7, 11) is 0. The van der Waals surface area contributed by atoms with Gasteiger partial charge in [-0.15, -0.1) is 0 Å². The van der Waals surface area contributed by atoms with E-state index in [4.69, 9.17) is 0 Å². The Morgan fingerprint density at radius 1 is 1.41 bits per heavy atom. The molecule has 0 atom stereocenters. The maximum Gasteiger partial charge on any atom is 0.247 e. The summed E-state index contributed by atoms with van der Waals surface area (Å²) < 4.78 is 0. The fraction of sp³-hybridized carbons (Fsp3) is 0.667. The number of carbonyl (C=O) groups is 1. The molecule has 1 aliphatic carbocycles. The molecular formula is C15H23NO. The molecule has 0 N–H and O–H groups in total. The Bertz CT molecular complexity index is 344. The number of amides is 1. The molecule has 1 saturated carbocycles. The van der Waals surface area contributed by atoms with E-state index in [1.807, 2.05) is 6.08 Å². The van der Waals surface area contributed by atoms with Gasteiger partial charge in [0.1, 0.15) is 0 Å². The van der Waals surface area contributed by atoms with Crippen molar-refractivity contribution in [1.82, 2.24) is 4.90 Å². The third kappa shape index (κ3) is 2.99. The summed E-state index contributed by atoms with van der Waals surface area (Å²) in [4.78, 5) is 14.0. The zero-order chi connectivity index (χ0) is 12.4. The normalized spacial score (nSPS) is 22.5. The van der Waals surface area contributed by atoms with E-state index in [-0.39, 0.29) is 5.91 Å². The van der Waals surface area contributed by atoms with Crippen LogP contribution < -0.4 is 0 Å². The molecule has 17 heavy (non-hydrogen) atoms. The van der Waals surface area contributed by atoms with E-state index >= 15 is 0 Å². The summed E-state index contributed by atoms with van der Waals surface area (Å²) in [6, 6.07) is 0.453. The van der Waals surface area contributed by atoms with Gasteiger partial charge < -0.3 is 4.90 Å². The SMILES string of the molecule is C=C1CCC(N2CC(CC(C)C)=CC2=O)CC1. The Kier molecular flexibility index (Phi) is 3.70. The minimum absolute atomic E-state index is 0.234. The second-order valence-corrected chi connectivity index (χ2v) is 5.85. The van der Waals surface area contributed by atoms with Gasteiger partial charge in [-0.3, -0.25) is 4.79 Å². The summed E-state index contributed by atoms with van der Waals surface area (Å²) in [5.41, 5.74) is 2.66. The molecule has 0 radical (unpaired) electrons. The molecule has 2 nitrogen and oxygen atoms in total. The van der Waals surface area contributed by atoms with Gasteiger partial charge in [0.15, 0.2) is 0 Å². The van der Waals surface area contributed by atoms with E-state index in [1.54, 1.807) is 0 Å². The Balaban J connectivity index is 1.92. The molecule has 1 amide bonds. The highest BCUT2D eigenvalue weighted by Gasteiger charge is 2.29. The van der Waals surface area contributed by atoms with Crippen LogP contribution in [0, 0.1) is 5.92 Å². The van der Waals surface area contributed by atoms with Gasteiger partial charge in [0.05, 0.1) is 0 Å². The Labute approximate surface area is 104 Å². The van der Waals surface area contributed by atoms with Crippen molar-refractivity contribution in [3.8, 4) is 0 Å². The largest absolute Gasteiger partial charge is 0.332 e. The van der Waals surface area contributed by atoms with Crippen LogP contribution in [0.1, 0.15) is 46.0 Å². The molecule has 2 aliphatic rings. The zero-order valence-corrected chi connectivity index (χ0v) is 11.0. The van der Waals surface area contributed by atoms with Gasteiger partial charge in [0.2, 0.25) is 5.91 Å². The standard InChI is InChI=1S/C15H23NO/c1-11(2)8-13-9-15(17)16(10-13)14-6-4-12(3)5-7-14/h9,11,14H,3-8,10H2,1-2H3. The minimum Gasteiger partial charge on any atom is -0.332 e. The fourth-order valence-electron chi connectivity index (χ4n) is 2.88. The van der Waals surface area contributed by atoms with Gasteiger partial charge in [0, 0.05) is 18.7 Å². The summed E-state index contributed by atoms with van der Waals surface area (Å²) in [5, 5.41) is 0. The first-order valence-electron chi connectivity index (χ1n) is 6.73. The van der Waals surface area contributed by atoms with E-state index in [1.165, 1.54) is 11.1 Å². The molecule has 1 fully saturated rings. The number of rotatable bonds is 3. The van der Waals surface area contributed by atoms with Gasteiger partial charge in [0.25, 0.3) is 0 Å². The third-order valence-electron chi connectivity index (χ3n) is 3.76. The number of carbonyl (C=O) groups excluding carboxylic acids is 1. The third-order valence-corrected chi connectivity index (χ3v) is 3.76. The number of nitrogens with zero attached hydrogens (tertiary/aromatic N) is 1. The molecule has 1 heterocycles. The first kappa shape index (κ1) is 12.4. The van der Waals surface area contributed by atoms with Gasteiger partial charge in [-0.25, -0.2) is 0 Å². The number of hydrogen-bond acceptors (Lipinski definition) is 1. The molecule has 0 aromatic carbocycles. The van der Waals surface area contributed by atoms with Crippen molar-refractivity contribution in [2.45, 2.75) is 52.0 Å². The second kappa shape index (κ2) is 5.07. The molecule has 0 spiro atoms. The van der Waals surface area contributed by atoms with E-state index in [9.17, 15) is 4.79 Å². The highest BCUT2D eigenvalue weighted by Crippen LogP contribution is 2.29. The van der Waals surface area contributed by atoms with E-state index in [0.29, 0.717) is 12.0 Å². The lowest BCUT2D eigenvalue weighted by atomic mass is 9.91. The molecule has 0 saturated heterocycles. The van der Waals surface area contributed by atoms with Crippen molar-refractivity contribution in [3.63, 3.8) is 0 Å². The first-order chi connectivity index (χ1) is 8.06. The van der Waals surface area contributed by atoms with Crippen LogP contribution in [0.5, 0.6) is 0 Å². The smallest absolute Gasteiger partial charge is 0.247 e. The molecule has 1 aliphatic heterocycles. The van der Waals surface area contributed by atoms with Crippen molar-refractivity contribution < 1.29 is 4.79 Å². The number of hydrogen-bond donors (Lipinski definition) is 0. The van der Waals surface area contributed by atoms with Crippen LogP contribution in [-0.4, -0.2) is 23.4 Å². The van der Waals surface area contributed by atoms with E-state index in [0.717, 1.165) is 38.6 Å². The van der Waals surface area contributed by atoms with Gasteiger partial charge in [-0.1, -0.05) is 26.0 Å². The average molecular weight is 233 g/mol. The van der Waals surface area contributed by atoms with Gasteiger partial charge in [-0.2, -0.15) is 0 Å². The molecule has 0 bridgehead atoms. The summed E-state index contributed by atoms with van der Waals surface area (Å²) in [6.07, 6.45) is 7.31. The average Bonchev–Trinajstić information content (AvgIpc) is 2.59.